The monoisotopic (exact) mass is 325 g/mol. The summed E-state index contributed by atoms with van der Waals surface area (Å²) in [4.78, 5) is 31.9. The molecule has 0 unspecified atom stereocenters. The highest BCUT2D eigenvalue weighted by Gasteiger charge is 2.18. The van der Waals surface area contributed by atoms with E-state index in [1.165, 1.54) is 18.1 Å². The third-order valence-corrected chi connectivity index (χ3v) is 5.01. The number of carboxylic acids is 1. The van der Waals surface area contributed by atoms with E-state index >= 15 is 0 Å². The van der Waals surface area contributed by atoms with E-state index in [1.54, 1.807) is 6.92 Å². The minimum Gasteiger partial charge on any atom is -0.477 e. The van der Waals surface area contributed by atoms with Crippen LogP contribution in [0.5, 0.6) is 0 Å². The molecule has 0 bridgehead atoms. The first-order chi connectivity index (χ1) is 10.0. The molecule has 0 aliphatic rings. The van der Waals surface area contributed by atoms with Gasteiger partial charge in [0.2, 0.25) is 5.91 Å². The maximum atomic E-state index is 11.4. The lowest BCUT2D eigenvalue weighted by Gasteiger charge is -2.03. The van der Waals surface area contributed by atoms with Crippen LogP contribution in [0, 0.1) is 6.92 Å². The molecule has 0 aromatic carbocycles. The van der Waals surface area contributed by atoms with Gasteiger partial charge in [-0.1, -0.05) is 0 Å². The molecule has 0 saturated carbocycles. The number of aryl methyl sites for hydroxylation is 1. The summed E-state index contributed by atoms with van der Waals surface area (Å²) in [6.45, 7) is 4.26. The molecule has 0 fully saturated rings. The van der Waals surface area contributed by atoms with Crippen LogP contribution < -0.4 is 5.32 Å². The summed E-state index contributed by atoms with van der Waals surface area (Å²) in [6.07, 6.45) is 1.83. The van der Waals surface area contributed by atoms with Crippen LogP contribution >= 0.6 is 23.1 Å². The average Bonchev–Trinajstić information content (AvgIpc) is 2.78. The van der Waals surface area contributed by atoms with Crippen molar-refractivity contribution in [3.63, 3.8) is 0 Å². The molecular formula is C13H15N3O3S2. The average molecular weight is 325 g/mol. The first-order valence-corrected chi connectivity index (χ1v) is 8.21. The Morgan fingerprint density at radius 3 is 2.86 bits per heavy atom. The van der Waals surface area contributed by atoms with E-state index in [2.05, 4.69) is 15.3 Å². The van der Waals surface area contributed by atoms with Crippen molar-refractivity contribution in [3.8, 4) is 0 Å². The molecule has 112 valence electrons. The van der Waals surface area contributed by atoms with Crippen molar-refractivity contribution in [2.45, 2.75) is 25.3 Å². The molecule has 0 saturated heterocycles. The Morgan fingerprint density at radius 1 is 1.43 bits per heavy atom. The number of carboxylic acid groups (broad SMARTS) is 1. The second-order valence-electron chi connectivity index (χ2n) is 4.27. The summed E-state index contributed by atoms with van der Waals surface area (Å²) in [5.74, 6) is -0.354. The summed E-state index contributed by atoms with van der Waals surface area (Å²) in [7, 11) is 0. The Bertz CT molecular complexity index is 685. The van der Waals surface area contributed by atoms with Crippen LogP contribution in [0.3, 0.4) is 0 Å². The molecule has 0 atom stereocenters. The number of thioether (sulfide) groups is 1. The van der Waals surface area contributed by atoms with E-state index in [4.69, 9.17) is 5.11 Å². The first kappa shape index (κ1) is 15.7. The third kappa shape index (κ3) is 3.51. The first-order valence-electron chi connectivity index (χ1n) is 6.41. The minimum atomic E-state index is -0.950. The Labute approximate surface area is 130 Å². The van der Waals surface area contributed by atoms with Gasteiger partial charge in [-0.2, -0.15) is 0 Å². The Kier molecular flexibility index (Phi) is 5.13. The molecule has 2 N–H and O–H groups in total. The van der Waals surface area contributed by atoms with Gasteiger partial charge in [0.15, 0.2) is 0 Å². The number of aromatic nitrogens is 2. The summed E-state index contributed by atoms with van der Waals surface area (Å²) in [5.41, 5.74) is 0.684. The zero-order valence-electron chi connectivity index (χ0n) is 11.7. The normalized spacial score (nSPS) is 10.8. The van der Waals surface area contributed by atoms with Gasteiger partial charge in [0.05, 0.1) is 0 Å². The van der Waals surface area contributed by atoms with E-state index in [1.807, 2.05) is 6.92 Å². The number of fused-ring (bicyclic) bond motifs is 1. The molecule has 2 aromatic heterocycles. The van der Waals surface area contributed by atoms with Gasteiger partial charge in [0, 0.05) is 24.1 Å². The van der Waals surface area contributed by atoms with Crippen molar-refractivity contribution < 1.29 is 14.7 Å². The zero-order chi connectivity index (χ0) is 15.4. The summed E-state index contributed by atoms with van der Waals surface area (Å²) in [5, 5.41) is 13.4. The van der Waals surface area contributed by atoms with Gasteiger partial charge in [0.25, 0.3) is 0 Å². The van der Waals surface area contributed by atoms with Crippen LogP contribution in [0.25, 0.3) is 10.2 Å². The maximum absolute atomic E-state index is 11.4. The van der Waals surface area contributed by atoms with Gasteiger partial charge in [0.1, 0.15) is 21.1 Å². The Hall–Kier alpha value is -1.67. The number of rotatable bonds is 6. The molecule has 6 nitrogen and oxygen atoms in total. The van der Waals surface area contributed by atoms with E-state index in [0.29, 0.717) is 29.1 Å². The topological polar surface area (TPSA) is 92.2 Å². The molecule has 0 spiro atoms. The highest BCUT2D eigenvalue weighted by Crippen LogP contribution is 2.35. The number of nitrogens with zero attached hydrogens (tertiary/aromatic N) is 2. The number of nitrogens with one attached hydrogen (secondary N) is 1. The SMILES string of the molecule is CCNC(=O)CCSc1ncnc2sc(C(=O)O)c(C)c12. The molecule has 21 heavy (non-hydrogen) atoms. The van der Waals surface area contributed by atoms with E-state index in [9.17, 15) is 9.59 Å². The Balaban J connectivity index is 2.20. The fourth-order valence-electron chi connectivity index (χ4n) is 1.88. The molecular weight excluding hydrogens is 310 g/mol. The number of aromatic carboxylic acids is 1. The van der Waals surface area contributed by atoms with Crippen LogP contribution in [0.1, 0.15) is 28.6 Å². The summed E-state index contributed by atoms with van der Waals surface area (Å²) < 4.78 is 0. The van der Waals surface area contributed by atoms with Gasteiger partial charge >= 0.3 is 5.97 Å². The molecule has 0 aliphatic heterocycles. The predicted octanol–water partition coefficient (Wildman–Crippen LogP) is 2.32. The minimum absolute atomic E-state index is 0.00330. The number of carbonyl (C=O) groups is 2. The van der Waals surface area contributed by atoms with Gasteiger partial charge in [-0.05, 0) is 19.4 Å². The van der Waals surface area contributed by atoms with E-state index in [-0.39, 0.29) is 10.8 Å². The molecule has 2 aromatic rings. The predicted molar refractivity (Wildman–Crippen MR) is 83.1 cm³/mol. The number of thiophene rings is 1. The lowest BCUT2D eigenvalue weighted by molar-refractivity contribution is -0.120. The lowest BCUT2D eigenvalue weighted by atomic mass is 10.2. The van der Waals surface area contributed by atoms with Crippen LogP contribution in [0.2, 0.25) is 0 Å². The zero-order valence-corrected chi connectivity index (χ0v) is 13.3. The largest absolute Gasteiger partial charge is 0.477 e. The van der Waals surface area contributed by atoms with Crippen molar-refractivity contribution in [1.82, 2.24) is 15.3 Å². The van der Waals surface area contributed by atoms with Crippen LogP contribution in [0.4, 0.5) is 0 Å². The van der Waals surface area contributed by atoms with E-state index in [0.717, 1.165) is 21.7 Å². The smallest absolute Gasteiger partial charge is 0.346 e. The standard InChI is InChI=1S/C13H15N3O3S2/c1-3-14-8(17)4-5-20-11-9-7(2)10(13(18)19)21-12(9)16-6-15-11/h6H,3-5H2,1-2H3,(H,14,17)(H,18,19). The second-order valence-corrected chi connectivity index (χ2v) is 6.35. The molecule has 0 radical (unpaired) electrons. The van der Waals surface area contributed by atoms with Gasteiger partial charge in [-0.25, -0.2) is 14.8 Å². The molecule has 1 amide bonds. The van der Waals surface area contributed by atoms with Crippen molar-refractivity contribution in [3.05, 3.63) is 16.8 Å². The van der Waals surface area contributed by atoms with Gasteiger partial charge < -0.3 is 10.4 Å². The lowest BCUT2D eigenvalue weighted by Crippen LogP contribution is -2.22. The van der Waals surface area contributed by atoms with Gasteiger partial charge in [-0.3, -0.25) is 4.79 Å². The number of carbonyl (C=O) groups excluding carboxylic acids is 1. The van der Waals surface area contributed by atoms with Crippen molar-refractivity contribution >= 4 is 45.2 Å². The number of hydrogen-bond acceptors (Lipinski definition) is 6. The quantitative estimate of drug-likeness (QED) is 0.625. The van der Waals surface area contributed by atoms with Crippen molar-refractivity contribution in [2.24, 2.45) is 0 Å². The van der Waals surface area contributed by atoms with E-state index < -0.39 is 5.97 Å². The van der Waals surface area contributed by atoms with Crippen LogP contribution in [-0.4, -0.2) is 39.2 Å². The van der Waals surface area contributed by atoms with Gasteiger partial charge in [-0.15, -0.1) is 23.1 Å². The highest BCUT2D eigenvalue weighted by atomic mass is 32.2. The molecule has 8 heteroatoms. The molecule has 2 heterocycles. The van der Waals surface area contributed by atoms with Crippen molar-refractivity contribution in [2.75, 3.05) is 12.3 Å². The fourth-order valence-corrected chi connectivity index (χ4v) is 3.93. The molecule has 0 aliphatic carbocycles. The summed E-state index contributed by atoms with van der Waals surface area (Å²) >= 11 is 2.60. The third-order valence-electron chi connectivity index (χ3n) is 2.83. The highest BCUT2D eigenvalue weighted by molar-refractivity contribution is 7.99. The second kappa shape index (κ2) is 6.86. The Morgan fingerprint density at radius 2 is 2.19 bits per heavy atom. The summed E-state index contributed by atoms with van der Waals surface area (Å²) in [6, 6.07) is 0. The van der Waals surface area contributed by atoms with Crippen molar-refractivity contribution in [1.29, 1.82) is 0 Å². The number of amides is 1. The van der Waals surface area contributed by atoms with Crippen LogP contribution in [-0.2, 0) is 4.79 Å². The number of hydrogen-bond donors (Lipinski definition) is 2. The molecule has 2 rings (SSSR count). The maximum Gasteiger partial charge on any atom is 0.346 e. The fraction of sp³-hybridized carbons (Fsp3) is 0.385. The van der Waals surface area contributed by atoms with Crippen LogP contribution in [0.15, 0.2) is 11.4 Å².